The van der Waals surface area contributed by atoms with Gasteiger partial charge in [0, 0.05) is 43.2 Å². The molecule has 1 aromatic carbocycles. The number of carbonyl (C=O) groups is 2. The maximum absolute atomic E-state index is 13.4. The van der Waals surface area contributed by atoms with Gasteiger partial charge < -0.3 is 19.8 Å². The van der Waals surface area contributed by atoms with Crippen molar-refractivity contribution in [3.63, 3.8) is 0 Å². The first kappa shape index (κ1) is 23.7. The van der Waals surface area contributed by atoms with Crippen molar-refractivity contribution in [3.05, 3.63) is 53.1 Å². The average Bonchev–Trinajstić information content (AvgIpc) is 3.26. The summed E-state index contributed by atoms with van der Waals surface area (Å²) in [5.74, 6) is 1.02. The molecular formula is C25H31N5O4. The van der Waals surface area contributed by atoms with Crippen LogP contribution in [0.5, 0.6) is 5.75 Å². The van der Waals surface area contributed by atoms with E-state index in [1.54, 1.807) is 27.1 Å². The van der Waals surface area contributed by atoms with Gasteiger partial charge in [0.15, 0.2) is 0 Å². The van der Waals surface area contributed by atoms with Crippen molar-refractivity contribution >= 4 is 17.5 Å². The zero-order valence-electron chi connectivity index (χ0n) is 20.3. The molecule has 2 aromatic rings. The van der Waals surface area contributed by atoms with Crippen molar-refractivity contribution in [2.75, 3.05) is 27.2 Å². The van der Waals surface area contributed by atoms with Crippen LogP contribution in [0.25, 0.3) is 0 Å². The van der Waals surface area contributed by atoms with Gasteiger partial charge >= 0.3 is 0 Å². The van der Waals surface area contributed by atoms with Crippen LogP contribution in [-0.4, -0.2) is 65.2 Å². The number of hydrogen-bond donors (Lipinski definition) is 1. The quantitative estimate of drug-likeness (QED) is 0.728. The molecule has 1 fully saturated rings. The Morgan fingerprint density at radius 3 is 2.53 bits per heavy atom. The molecule has 0 radical (unpaired) electrons. The molecule has 1 saturated heterocycles. The van der Waals surface area contributed by atoms with Crippen molar-refractivity contribution in [1.29, 1.82) is 0 Å². The third-order valence-electron chi connectivity index (χ3n) is 6.74. The Labute approximate surface area is 199 Å². The Morgan fingerprint density at radius 2 is 1.85 bits per heavy atom. The van der Waals surface area contributed by atoms with Crippen LogP contribution < -0.4 is 10.1 Å². The smallest absolute Gasteiger partial charge is 0.269 e. The number of ether oxygens (including phenoxy) is 1. The third-order valence-corrected chi connectivity index (χ3v) is 6.74. The van der Waals surface area contributed by atoms with Crippen molar-refractivity contribution in [1.82, 2.24) is 20.2 Å². The summed E-state index contributed by atoms with van der Waals surface area (Å²) in [7, 11) is 3.19. The minimum Gasteiger partial charge on any atom is -0.496 e. The van der Waals surface area contributed by atoms with Gasteiger partial charge in [-0.2, -0.15) is 0 Å². The highest BCUT2D eigenvalue weighted by molar-refractivity contribution is 6.07. The highest BCUT2D eigenvalue weighted by Crippen LogP contribution is 2.36. The van der Waals surface area contributed by atoms with Gasteiger partial charge in [-0.1, -0.05) is 24.2 Å². The minimum atomic E-state index is -1.06. The van der Waals surface area contributed by atoms with E-state index < -0.39 is 5.60 Å². The number of carbonyl (C=O) groups excluding carboxylic acids is 2. The van der Waals surface area contributed by atoms with Crippen molar-refractivity contribution < 1.29 is 19.2 Å². The maximum Gasteiger partial charge on any atom is 0.269 e. The largest absolute Gasteiger partial charge is 0.496 e. The summed E-state index contributed by atoms with van der Waals surface area (Å²) in [6.07, 6.45) is 1.74. The fourth-order valence-electron chi connectivity index (χ4n) is 4.53. The van der Waals surface area contributed by atoms with Gasteiger partial charge in [-0.05, 0) is 44.9 Å². The summed E-state index contributed by atoms with van der Waals surface area (Å²) in [5, 5.41) is 6.85. The molecule has 180 valence electrons. The average molecular weight is 466 g/mol. The molecule has 3 heterocycles. The summed E-state index contributed by atoms with van der Waals surface area (Å²) in [5.41, 5.74) is 1.24. The normalized spacial score (nSPS) is 21.4. The molecule has 0 spiro atoms. The summed E-state index contributed by atoms with van der Waals surface area (Å²) >= 11 is 0. The number of nitrogens with zero attached hydrogens (tertiary/aromatic N) is 4. The van der Waals surface area contributed by atoms with E-state index in [9.17, 15) is 9.59 Å². The summed E-state index contributed by atoms with van der Waals surface area (Å²) in [4.78, 5) is 42.2. The molecular weight excluding hydrogens is 434 g/mol. The van der Waals surface area contributed by atoms with E-state index in [1.807, 2.05) is 36.1 Å². The van der Waals surface area contributed by atoms with Crippen LogP contribution in [0.3, 0.4) is 0 Å². The van der Waals surface area contributed by atoms with Gasteiger partial charge in [-0.15, -0.1) is 0 Å². The molecule has 2 amide bonds. The molecule has 0 bridgehead atoms. The number of amides is 2. The van der Waals surface area contributed by atoms with E-state index in [-0.39, 0.29) is 17.2 Å². The molecule has 1 aromatic heterocycles. The van der Waals surface area contributed by atoms with E-state index in [4.69, 9.17) is 9.57 Å². The van der Waals surface area contributed by atoms with E-state index in [0.29, 0.717) is 55.3 Å². The molecule has 2 aliphatic heterocycles. The third kappa shape index (κ3) is 4.34. The first-order valence-corrected chi connectivity index (χ1v) is 11.5. The molecule has 1 atom stereocenters. The van der Waals surface area contributed by atoms with E-state index >= 15 is 0 Å². The number of hydrogen-bond acceptors (Lipinski definition) is 7. The number of methoxy groups -OCH3 is 1. The lowest BCUT2D eigenvalue weighted by molar-refractivity contribution is -0.154. The fourth-order valence-corrected chi connectivity index (χ4v) is 4.53. The zero-order valence-corrected chi connectivity index (χ0v) is 20.3. The molecule has 0 saturated carbocycles. The van der Waals surface area contributed by atoms with Crippen molar-refractivity contribution in [2.45, 2.75) is 51.0 Å². The number of para-hydroxylation sites is 1. The van der Waals surface area contributed by atoms with Gasteiger partial charge in [-0.3, -0.25) is 9.59 Å². The number of benzene rings is 1. The van der Waals surface area contributed by atoms with Gasteiger partial charge in [0.2, 0.25) is 5.60 Å². The maximum atomic E-state index is 13.4. The molecule has 1 N–H and O–H groups in total. The van der Waals surface area contributed by atoms with E-state index in [2.05, 4.69) is 27.4 Å². The second-order valence-electron chi connectivity index (χ2n) is 9.39. The van der Waals surface area contributed by atoms with Crippen LogP contribution in [0.4, 0.5) is 0 Å². The Bertz CT molecular complexity index is 1140. The minimum absolute atomic E-state index is 0.0839. The number of rotatable bonds is 5. The summed E-state index contributed by atoms with van der Waals surface area (Å²) in [6, 6.07) is 9.26. The number of piperidine rings is 1. The van der Waals surface area contributed by atoms with Crippen molar-refractivity contribution in [3.8, 4) is 5.75 Å². The summed E-state index contributed by atoms with van der Waals surface area (Å²) in [6.45, 7) is 6.83. The second kappa shape index (κ2) is 9.04. The van der Waals surface area contributed by atoms with Crippen LogP contribution in [0.15, 0.2) is 35.5 Å². The predicted molar refractivity (Wildman–Crippen MR) is 127 cm³/mol. The number of likely N-dealkylation sites (tertiary alicyclic amines) is 1. The zero-order chi connectivity index (χ0) is 24.5. The standard InChI is InChI=1S/C25H31N5O4/c1-16-14-18(21(31)26-4)28-22(27-16)24(2)10-12-30(13-11-24)23(32)25(3)15-19(29-34-25)17-8-6-7-9-20(17)33-5/h6-9,14H,10-13,15H2,1-5H3,(H,26,31)/t25-/m1/s1. The highest BCUT2D eigenvalue weighted by atomic mass is 16.7. The first-order valence-electron chi connectivity index (χ1n) is 11.5. The van der Waals surface area contributed by atoms with E-state index in [0.717, 1.165) is 11.3 Å². The van der Waals surface area contributed by atoms with Crippen LogP contribution >= 0.6 is 0 Å². The molecule has 34 heavy (non-hydrogen) atoms. The van der Waals surface area contributed by atoms with Crippen LogP contribution in [0, 0.1) is 6.92 Å². The number of oxime groups is 1. The fraction of sp³-hybridized carbons (Fsp3) is 0.480. The van der Waals surface area contributed by atoms with E-state index in [1.165, 1.54) is 0 Å². The predicted octanol–water partition coefficient (Wildman–Crippen LogP) is 2.62. The van der Waals surface area contributed by atoms with Crippen LogP contribution in [0.2, 0.25) is 0 Å². The van der Waals surface area contributed by atoms with Crippen molar-refractivity contribution in [2.24, 2.45) is 5.16 Å². The lowest BCUT2D eigenvalue weighted by atomic mass is 9.79. The summed E-state index contributed by atoms with van der Waals surface area (Å²) < 4.78 is 5.44. The Kier molecular flexibility index (Phi) is 6.29. The van der Waals surface area contributed by atoms with Gasteiger partial charge in [0.1, 0.15) is 17.3 Å². The van der Waals surface area contributed by atoms with Gasteiger partial charge in [0.25, 0.3) is 11.8 Å². The lowest BCUT2D eigenvalue weighted by Crippen LogP contribution is -2.52. The van der Waals surface area contributed by atoms with Gasteiger partial charge in [-0.25, -0.2) is 9.97 Å². The van der Waals surface area contributed by atoms with Gasteiger partial charge in [0.05, 0.1) is 12.8 Å². The number of aromatic nitrogens is 2. The molecule has 9 heteroatoms. The Hall–Kier alpha value is -3.49. The second-order valence-corrected chi connectivity index (χ2v) is 9.39. The highest BCUT2D eigenvalue weighted by Gasteiger charge is 2.47. The Balaban J connectivity index is 1.45. The first-order chi connectivity index (χ1) is 16.2. The Morgan fingerprint density at radius 1 is 1.15 bits per heavy atom. The van der Waals surface area contributed by atoms with Crippen LogP contribution in [-0.2, 0) is 15.0 Å². The molecule has 0 unspecified atom stereocenters. The molecule has 2 aliphatic rings. The topological polar surface area (TPSA) is 106 Å². The molecule has 0 aliphatic carbocycles. The van der Waals surface area contributed by atoms with Crippen LogP contribution in [0.1, 0.15) is 60.7 Å². The number of nitrogens with one attached hydrogen (secondary N) is 1. The monoisotopic (exact) mass is 465 g/mol. The number of aryl methyl sites for hydroxylation is 1. The lowest BCUT2D eigenvalue weighted by Gasteiger charge is -2.40. The molecule has 9 nitrogen and oxygen atoms in total. The SMILES string of the molecule is CNC(=O)c1cc(C)nc(C2(C)CCN(C(=O)[C@@]3(C)CC(c4ccccc4OC)=NO3)CC2)n1. The molecule has 4 rings (SSSR count).